The smallest absolute Gasteiger partial charge is 0.226 e. The first-order valence-corrected chi connectivity index (χ1v) is 8.75. The molecule has 0 N–H and O–H groups in total. The Balaban J connectivity index is 1.51. The van der Waals surface area contributed by atoms with Crippen LogP contribution in [0.25, 0.3) is 0 Å². The summed E-state index contributed by atoms with van der Waals surface area (Å²) in [6.07, 6.45) is 6.05. The van der Waals surface area contributed by atoms with Crippen molar-refractivity contribution in [2.24, 2.45) is 17.8 Å². The highest BCUT2D eigenvalue weighted by Gasteiger charge is 2.55. The van der Waals surface area contributed by atoms with Crippen LogP contribution in [-0.4, -0.2) is 31.6 Å². The first-order valence-electron chi connectivity index (χ1n) is 8.75. The number of rotatable bonds is 3. The summed E-state index contributed by atoms with van der Waals surface area (Å²) in [7, 11) is 3.32. The van der Waals surface area contributed by atoms with Gasteiger partial charge in [0.05, 0.1) is 14.2 Å². The molecule has 4 nitrogen and oxygen atoms in total. The van der Waals surface area contributed by atoms with Crippen LogP contribution in [-0.2, 0) is 17.8 Å². The topological polar surface area (TPSA) is 38.8 Å². The maximum absolute atomic E-state index is 12.9. The summed E-state index contributed by atoms with van der Waals surface area (Å²) in [6, 6.07) is 4.10. The fraction of sp³-hybridized carbons (Fsp3) is 0.632. The largest absolute Gasteiger partial charge is 0.493 e. The van der Waals surface area contributed by atoms with E-state index >= 15 is 0 Å². The van der Waals surface area contributed by atoms with Gasteiger partial charge < -0.3 is 14.4 Å². The van der Waals surface area contributed by atoms with Gasteiger partial charge in [-0.15, -0.1) is 0 Å². The van der Waals surface area contributed by atoms with Gasteiger partial charge in [-0.25, -0.2) is 0 Å². The van der Waals surface area contributed by atoms with E-state index in [-0.39, 0.29) is 0 Å². The Morgan fingerprint density at radius 1 is 1.04 bits per heavy atom. The minimum Gasteiger partial charge on any atom is -0.493 e. The van der Waals surface area contributed by atoms with Gasteiger partial charge in [-0.05, 0) is 54.4 Å². The predicted octanol–water partition coefficient (Wildman–Crippen LogP) is 3.02. The zero-order valence-electron chi connectivity index (χ0n) is 14.0. The second-order valence-corrected chi connectivity index (χ2v) is 7.12. The molecule has 2 atom stereocenters. The monoisotopic (exact) mass is 315 g/mol. The molecule has 0 saturated heterocycles. The number of carbonyl (C=O) groups is 1. The number of ether oxygens (including phenoxy) is 2. The third kappa shape index (κ3) is 2.48. The molecule has 2 fully saturated rings. The first kappa shape index (κ1) is 14.9. The lowest BCUT2D eigenvalue weighted by Crippen LogP contribution is -2.37. The summed E-state index contributed by atoms with van der Waals surface area (Å²) in [5.74, 6) is 3.60. The Labute approximate surface area is 137 Å². The maximum Gasteiger partial charge on any atom is 0.226 e. The van der Waals surface area contributed by atoms with Crippen molar-refractivity contribution < 1.29 is 14.3 Å². The molecule has 2 saturated carbocycles. The number of hydrogen-bond donors (Lipinski definition) is 0. The molecular weight excluding hydrogens is 290 g/mol. The SMILES string of the molecule is COc1cc2c(cc1OC)CN(C(=O)C1[C@H]3CCCC[C@H]13)CC2. The van der Waals surface area contributed by atoms with E-state index in [0.717, 1.165) is 24.5 Å². The predicted molar refractivity (Wildman–Crippen MR) is 87.6 cm³/mol. The fourth-order valence-electron chi connectivity index (χ4n) is 4.64. The van der Waals surface area contributed by atoms with Crippen molar-refractivity contribution in [3.8, 4) is 11.5 Å². The summed E-state index contributed by atoms with van der Waals surface area (Å²) in [5, 5.41) is 0. The molecule has 0 spiro atoms. The van der Waals surface area contributed by atoms with Gasteiger partial charge in [0.15, 0.2) is 11.5 Å². The zero-order valence-corrected chi connectivity index (χ0v) is 14.0. The molecule has 1 heterocycles. The van der Waals surface area contributed by atoms with Crippen LogP contribution in [0.4, 0.5) is 0 Å². The third-order valence-electron chi connectivity index (χ3n) is 5.97. The van der Waals surface area contributed by atoms with E-state index in [9.17, 15) is 4.79 Å². The minimum atomic E-state index is 0.319. The van der Waals surface area contributed by atoms with Crippen molar-refractivity contribution in [3.63, 3.8) is 0 Å². The fourth-order valence-corrected chi connectivity index (χ4v) is 4.64. The van der Waals surface area contributed by atoms with Gasteiger partial charge in [0.1, 0.15) is 0 Å². The van der Waals surface area contributed by atoms with Crippen LogP contribution in [0.2, 0.25) is 0 Å². The van der Waals surface area contributed by atoms with Gasteiger partial charge in [0.25, 0.3) is 0 Å². The molecule has 0 bridgehead atoms. The second-order valence-electron chi connectivity index (χ2n) is 7.12. The van der Waals surface area contributed by atoms with Crippen molar-refractivity contribution in [1.82, 2.24) is 4.90 Å². The molecule has 1 aromatic rings. The van der Waals surface area contributed by atoms with Gasteiger partial charge in [-0.3, -0.25) is 4.79 Å². The van der Waals surface area contributed by atoms with Crippen molar-refractivity contribution in [3.05, 3.63) is 23.3 Å². The van der Waals surface area contributed by atoms with E-state index in [2.05, 4.69) is 11.0 Å². The molecule has 0 unspecified atom stereocenters. The van der Waals surface area contributed by atoms with Crippen LogP contribution in [0, 0.1) is 17.8 Å². The Hall–Kier alpha value is -1.71. The third-order valence-corrected chi connectivity index (χ3v) is 5.97. The first-order chi connectivity index (χ1) is 11.2. The number of benzene rings is 1. The minimum absolute atomic E-state index is 0.319. The molecule has 4 heteroatoms. The summed E-state index contributed by atoms with van der Waals surface area (Å²) >= 11 is 0. The highest BCUT2D eigenvalue weighted by molar-refractivity contribution is 5.82. The zero-order chi connectivity index (χ0) is 16.0. The van der Waals surface area contributed by atoms with E-state index in [1.165, 1.54) is 36.8 Å². The van der Waals surface area contributed by atoms with Crippen LogP contribution in [0.5, 0.6) is 11.5 Å². The molecule has 1 amide bonds. The van der Waals surface area contributed by atoms with Gasteiger partial charge in [0.2, 0.25) is 5.91 Å². The molecule has 3 aliphatic rings. The number of hydrogen-bond acceptors (Lipinski definition) is 3. The van der Waals surface area contributed by atoms with Crippen LogP contribution in [0.1, 0.15) is 36.8 Å². The number of carbonyl (C=O) groups excluding carboxylic acids is 1. The van der Waals surface area contributed by atoms with Gasteiger partial charge in [-0.2, -0.15) is 0 Å². The van der Waals surface area contributed by atoms with Crippen molar-refractivity contribution in [2.45, 2.75) is 38.6 Å². The standard InChI is InChI=1S/C19H25NO3/c1-22-16-9-12-7-8-20(11-13(12)10-17(16)23-2)19(21)18-14-5-3-4-6-15(14)18/h9-10,14-15,18H,3-8,11H2,1-2H3/t14-,15-/m0/s1. The Morgan fingerprint density at radius 3 is 2.26 bits per heavy atom. The summed E-state index contributed by atoms with van der Waals surface area (Å²) in [5.41, 5.74) is 2.48. The van der Waals surface area contributed by atoms with E-state index in [4.69, 9.17) is 9.47 Å². The molecule has 23 heavy (non-hydrogen) atoms. The lowest BCUT2D eigenvalue weighted by molar-refractivity contribution is -0.134. The van der Waals surface area contributed by atoms with Crippen molar-refractivity contribution in [1.29, 1.82) is 0 Å². The molecule has 1 aromatic carbocycles. The lowest BCUT2D eigenvalue weighted by atomic mass is 9.98. The van der Waals surface area contributed by atoms with Crippen LogP contribution >= 0.6 is 0 Å². The maximum atomic E-state index is 12.9. The number of amides is 1. The van der Waals surface area contributed by atoms with E-state index in [1.54, 1.807) is 14.2 Å². The molecule has 2 aliphatic carbocycles. The summed E-state index contributed by atoms with van der Waals surface area (Å²) in [4.78, 5) is 15.0. The Bertz CT molecular complexity index is 615. The normalized spacial score (nSPS) is 28.6. The molecule has 0 radical (unpaired) electrons. The van der Waals surface area contributed by atoms with Gasteiger partial charge >= 0.3 is 0 Å². The number of nitrogens with zero attached hydrogens (tertiary/aromatic N) is 1. The lowest BCUT2D eigenvalue weighted by Gasteiger charge is -2.30. The van der Waals surface area contributed by atoms with Gasteiger partial charge in [0, 0.05) is 19.0 Å². The van der Waals surface area contributed by atoms with Gasteiger partial charge in [-0.1, -0.05) is 12.8 Å². The van der Waals surface area contributed by atoms with E-state index in [0.29, 0.717) is 30.2 Å². The van der Waals surface area contributed by atoms with Crippen molar-refractivity contribution in [2.75, 3.05) is 20.8 Å². The van der Waals surface area contributed by atoms with Crippen LogP contribution in [0.3, 0.4) is 0 Å². The Morgan fingerprint density at radius 2 is 1.65 bits per heavy atom. The number of fused-ring (bicyclic) bond motifs is 2. The Kier molecular flexibility index (Phi) is 3.70. The average Bonchev–Trinajstić information content (AvgIpc) is 3.33. The summed E-state index contributed by atoms with van der Waals surface area (Å²) < 4.78 is 10.8. The number of methoxy groups -OCH3 is 2. The quantitative estimate of drug-likeness (QED) is 0.860. The second kappa shape index (κ2) is 5.73. The average molecular weight is 315 g/mol. The van der Waals surface area contributed by atoms with E-state index in [1.807, 2.05) is 6.07 Å². The van der Waals surface area contributed by atoms with Crippen LogP contribution < -0.4 is 9.47 Å². The van der Waals surface area contributed by atoms with Crippen LogP contribution in [0.15, 0.2) is 12.1 Å². The molecule has 124 valence electrons. The summed E-state index contributed by atoms with van der Waals surface area (Å²) in [6.45, 7) is 1.54. The molecule has 1 aliphatic heterocycles. The molecular formula is C19H25NO3. The molecule has 0 aromatic heterocycles. The van der Waals surface area contributed by atoms with E-state index < -0.39 is 0 Å². The van der Waals surface area contributed by atoms with Crippen molar-refractivity contribution >= 4 is 5.91 Å². The molecule has 4 rings (SSSR count). The highest BCUT2D eigenvalue weighted by Crippen LogP contribution is 2.56. The highest BCUT2D eigenvalue weighted by atomic mass is 16.5.